The third kappa shape index (κ3) is 4.99. The van der Waals surface area contributed by atoms with Crippen LogP contribution >= 0.6 is 0 Å². The number of benzene rings is 3. The smallest absolute Gasteiger partial charge is 0.162 e. The van der Waals surface area contributed by atoms with Gasteiger partial charge in [-0.25, -0.2) is 0 Å². The molecule has 0 fully saturated rings. The van der Waals surface area contributed by atoms with E-state index in [1.807, 2.05) is 84.9 Å². The van der Waals surface area contributed by atoms with Crippen LogP contribution in [0.5, 0.6) is 11.5 Å². The van der Waals surface area contributed by atoms with Gasteiger partial charge in [0.2, 0.25) is 0 Å². The van der Waals surface area contributed by atoms with Crippen LogP contribution in [0.1, 0.15) is 16.7 Å². The van der Waals surface area contributed by atoms with E-state index in [0.717, 1.165) is 16.7 Å². The molecule has 0 spiro atoms. The third-order valence-corrected chi connectivity index (χ3v) is 3.79. The zero-order valence-corrected chi connectivity index (χ0v) is 14.3. The van der Waals surface area contributed by atoms with Crippen molar-refractivity contribution in [2.45, 2.75) is 13.2 Å². The molecule has 0 heterocycles. The number of hydrogen-bond donors (Lipinski definition) is 0. The number of rotatable bonds is 7. The van der Waals surface area contributed by atoms with Crippen molar-refractivity contribution in [3.8, 4) is 17.6 Å². The van der Waals surface area contributed by atoms with Gasteiger partial charge < -0.3 is 9.47 Å². The molecule has 0 saturated carbocycles. The van der Waals surface area contributed by atoms with Crippen molar-refractivity contribution in [3.05, 3.63) is 102 Å². The Morgan fingerprint density at radius 1 is 0.731 bits per heavy atom. The number of nitriles is 1. The molecule has 0 atom stereocenters. The average molecular weight is 340 g/mol. The van der Waals surface area contributed by atoms with E-state index in [1.54, 1.807) is 6.08 Å². The van der Waals surface area contributed by atoms with E-state index in [4.69, 9.17) is 14.7 Å². The maximum Gasteiger partial charge on any atom is 0.162 e. The summed E-state index contributed by atoms with van der Waals surface area (Å²) in [5.74, 6) is 1.34. The van der Waals surface area contributed by atoms with E-state index in [9.17, 15) is 0 Å². The fourth-order valence-corrected chi connectivity index (χ4v) is 2.46. The van der Waals surface area contributed by atoms with Gasteiger partial charge in [0.1, 0.15) is 13.2 Å². The van der Waals surface area contributed by atoms with Crippen LogP contribution in [0.4, 0.5) is 0 Å². The highest BCUT2D eigenvalue weighted by Gasteiger charge is 2.07. The van der Waals surface area contributed by atoms with Gasteiger partial charge >= 0.3 is 0 Å². The standard InChI is InChI=1S/C23H19NO2/c24-15-7-12-19-13-14-22(25-17-20-8-3-1-4-9-20)23(16-19)26-18-21-10-5-2-6-11-21/h1-14,16H,17-18H2/b12-7+/i24-1. The number of hydrogen-bond acceptors (Lipinski definition) is 3. The predicted octanol–water partition coefficient (Wildman–Crippen LogP) is 5.38. The molecular formula is C23H19NO2. The second kappa shape index (κ2) is 9.10. The lowest BCUT2D eigenvalue weighted by Crippen LogP contribution is -2.00. The normalized spacial score (nSPS) is 10.4. The zero-order valence-electron chi connectivity index (χ0n) is 14.3. The summed E-state index contributed by atoms with van der Waals surface area (Å²) in [4.78, 5) is 0. The van der Waals surface area contributed by atoms with Crippen LogP contribution in [0, 0.1) is 11.3 Å². The molecule has 0 aliphatic rings. The Kier molecular flexibility index (Phi) is 6.06. The molecule has 0 aliphatic carbocycles. The molecular weight excluding hydrogens is 321 g/mol. The maximum absolute atomic E-state index is 8.72. The third-order valence-electron chi connectivity index (χ3n) is 3.79. The van der Waals surface area contributed by atoms with E-state index in [0.29, 0.717) is 24.7 Å². The fraction of sp³-hybridized carbons (Fsp3) is 0.0870. The summed E-state index contributed by atoms with van der Waals surface area (Å²) in [7, 11) is 0. The predicted molar refractivity (Wildman–Crippen MR) is 103 cm³/mol. The van der Waals surface area contributed by atoms with Crippen LogP contribution in [-0.4, -0.2) is 0 Å². The Balaban J connectivity index is 1.77. The maximum atomic E-state index is 8.72. The van der Waals surface area contributed by atoms with Crippen LogP contribution in [0.15, 0.2) is 84.9 Å². The van der Waals surface area contributed by atoms with Gasteiger partial charge in [0, 0.05) is 6.08 Å². The number of nitrogens with zero attached hydrogens (tertiary/aromatic N) is 1. The molecule has 128 valence electrons. The molecule has 3 aromatic carbocycles. The highest BCUT2D eigenvalue weighted by atomic mass is 16.5. The minimum atomic E-state index is 0.452. The van der Waals surface area contributed by atoms with Crippen molar-refractivity contribution in [2.75, 3.05) is 0 Å². The monoisotopic (exact) mass is 340 g/mol. The topological polar surface area (TPSA) is 42.2 Å². The van der Waals surface area contributed by atoms with Gasteiger partial charge in [-0.05, 0) is 34.9 Å². The van der Waals surface area contributed by atoms with E-state index in [2.05, 4.69) is 0 Å². The molecule has 3 aromatic rings. The molecule has 3 heteroatoms. The van der Waals surface area contributed by atoms with Crippen molar-refractivity contribution < 1.29 is 9.47 Å². The van der Waals surface area contributed by atoms with Gasteiger partial charge in [-0.1, -0.05) is 66.7 Å². The van der Waals surface area contributed by atoms with Gasteiger partial charge in [0.15, 0.2) is 11.5 Å². The number of ether oxygens (including phenoxy) is 2. The molecule has 0 saturated heterocycles. The van der Waals surface area contributed by atoms with E-state index >= 15 is 0 Å². The summed E-state index contributed by atoms with van der Waals surface area (Å²) in [6, 6.07) is 27.7. The van der Waals surface area contributed by atoms with Crippen LogP contribution in [0.2, 0.25) is 0 Å². The largest absolute Gasteiger partial charge is 0.485 e. The molecule has 0 radical (unpaired) electrons. The van der Waals surface area contributed by atoms with Gasteiger partial charge in [-0.2, -0.15) is 5.26 Å². The van der Waals surface area contributed by atoms with Crippen molar-refractivity contribution in [2.24, 2.45) is 0 Å². The highest BCUT2D eigenvalue weighted by Crippen LogP contribution is 2.30. The minimum absolute atomic E-state index is 0.452. The Morgan fingerprint density at radius 2 is 1.31 bits per heavy atom. The fourth-order valence-electron chi connectivity index (χ4n) is 2.46. The molecule has 0 N–H and O–H groups in total. The van der Waals surface area contributed by atoms with Crippen LogP contribution in [0.25, 0.3) is 6.08 Å². The first-order chi connectivity index (χ1) is 12.8. The van der Waals surface area contributed by atoms with Gasteiger partial charge in [-0.15, -0.1) is 0 Å². The summed E-state index contributed by atoms with van der Waals surface area (Å²) in [5, 5.41) is 8.72. The summed E-state index contributed by atoms with van der Waals surface area (Å²) in [6.45, 7) is 0.921. The molecule has 3 nitrogen and oxygen atoms in total. The second-order valence-electron chi connectivity index (χ2n) is 5.72. The first kappa shape index (κ1) is 17.3. The van der Waals surface area contributed by atoms with E-state index in [1.165, 1.54) is 6.08 Å². The van der Waals surface area contributed by atoms with Crippen LogP contribution in [0.3, 0.4) is 0 Å². The summed E-state index contributed by atoms with van der Waals surface area (Å²) < 4.78 is 11.9. The molecule has 0 bridgehead atoms. The van der Waals surface area contributed by atoms with Gasteiger partial charge in [0.05, 0.1) is 6.07 Å². The summed E-state index contributed by atoms with van der Waals surface area (Å²) in [5.41, 5.74) is 3.07. The number of allylic oxidation sites excluding steroid dienone is 1. The second-order valence-corrected chi connectivity index (χ2v) is 5.72. The first-order valence-electron chi connectivity index (χ1n) is 8.39. The lowest BCUT2D eigenvalue weighted by atomic mass is 10.2. The highest BCUT2D eigenvalue weighted by molar-refractivity contribution is 5.57. The lowest BCUT2D eigenvalue weighted by Gasteiger charge is -2.14. The van der Waals surface area contributed by atoms with Crippen molar-refractivity contribution in [1.29, 1.82) is 5.26 Å². The molecule has 26 heavy (non-hydrogen) atoms. The Hall–Kier alpha value is -3.51. The molecule has 0 unspecified atom stereocenters. The zero-order chi connectivity index (χ0) is 18.0. The molecule has 0 aliphatic heterocycles. The lowest BCUT2D eigenvalue weighted by molar-refractivity contribution is 0.256. The first-order valence-corrected chi connectivity index (χ1v) is 8.39. The Labute approximate surface area is 153 Å². The average Bonchev–Trinajstić information content (AvgIpc) is 2.71. The molecule has 0 aromatic heterocycles. The SMILES string of the molecule is [13N]#C/C=C/c1ccc(OCc2ccccc2)c(OCc2ccccc2)c1. The quantitative estimate of drug-likeness (QED) is 0.542. The van der Waals surface area contributed by atoms with E-state index < -0.39 is 0 Å². The summed E-state index contributed by atoms with van der Waals surface area (Å²) >= 11 is 0. The van der Waals surface area contributed by atoms with Crippen LogP contribution in [-0.2, 0) is 13.2 Å². The van der Waals surface area contributed by atoms with Crippen LogP contribution < -0.4 is 9.47 Å². The summed E-state index contributed by atoms with van der Waals surface area (Å²) in [6.07, 6.45) is 3.19. The van der Waals surface area contributed by atoms with Crippen molar-refractivity contribution in [3.63, 3.8) is 0 Å². The van der Waals surface area contributed by atoms with Gasteiger partial charge in [-0.3, -0.25) is 0 Å². The molecule has 3 rings (SSSR count). The van der Waals surface area contributed by atoms with Crippen molar-refractivity contribution >= 4 is 6.08 Å². The van der Waals surface area contributed by atoms with Crippen molar-refractivity contribution in [1.82, 2.24) is 0 Å². The minimum Gasteiger partial charge on any atom is -0.485 e. The Morgan fingerprint density at radius 3 is 1.88 bits per heavy atom. The molecule has 0 amide bonds. The Bertz CT molecular complexity index is 896. The van der Waals surface area contributed by atoms with E-state index in [-0.39, 0.29) is 0 Å². The van der Waals surface area contributed by atoms with Gasteiger partial charge in [0.25, 0.3) is 0 Å².